The van der Waals surface area contributed by atoms with Gasteiger partial charge in [0.1, 0.15) is 12.5 Å². The summed E-state index contributed by atoms with van der Waals surface area (Å²) in [5.74, 6) is -1.05. The summed E-state index contributed by atoms with van der Waals surface area (Å²) in [6.07, 6.45) is 3.77. The Morgan fingerprint density at radius 1 is 1.20 bits per heavy atom. The molecule has 2 heterocycles. The summed E-state index contributed by atoms with van der Waals surface area (Å²) < 4.78 is 7.48. The van der Waals surface area contributed by atoms with Gasteiger partial charge in [0.05, 0.1) is 29.0 Å². The van der Waals surface area contributed by atoms with Crippen LogP contribution in [0.1, 0.15) is 25.8 Å². The minimum atomic E-state index is -1.22. The van der Waals surface area contributed by atoms with Crippen molar-refractivity contribution >= 4 is 42.3 Å². The minimum Gasteiger partial charge on any atom is -0.383 e. The largest absolute Gasteiger partial charge is 0.383 e. The van der Waals surface area contributed by atoms with Gasteiger partial charge in [-0.3, -0.25) is 9.59 Å². The number of rotatable bonds is 10. The van der Waals surface area contributed by atoms with E-state index < -0.39 is 19.9 Å². The highest BCUT2D eigenvalue weighted by molar-refractivity contribution is 6.76. The van der Waals surface area contributed by atoms with Crippen LogP contribution >= 0.6 is 0 Å². The van der Waals surface area contributed by atoms with Crippen LogP contribution < -0.4 is 11.1 Å². The number of ether oxygens (including phenoxy) is 1. The number of fused-ring (bicyclic) bond motifs is 1. The molecule has 0 radical (unpaired) electrons. The smallest absolute Gasteiger partial charge is 0.314 e. The third kappa shape index (κ3) is 6.89. The summed E-state index contributed by atoms with van der Waals surface area (Å²) >= 11 is 0. The van der Waals surface area contributed by atoms with Crippen LogP contribution in [-0.2, 0) is 27.6 Å². The number of nitrogen functional groups attached to an aromatic ring is 1. The average molecular weight is 497 g/mol. The van der Waals surface area contributed by atoms with Gasteiger partial charge in [0.15, 0.2) is 0 Å². The lowest BCUT2D eigenvalue weighted by Gasteiger charge is -2.28. The first-order chi connectivity index (χ1) is 16.6. The van der Waals surface area contributed by atoms with Crippen LogP contribution in [0.25, 0.3) is 10.9 Å². The Balaban J connectivity index is 1.80. The van der Waals surface area contributed by atoms with E-state index in [0.29, 0.717) is 35.6 Å². The summed E-state index contributed by atoms with van der Waals surface area (Å²) in [5, 5.41) is 7.70. The first kappa shape index (κ1) is 26.4. The highest BCUT2D eigenvalue weighted by Gasteiger charge is 2.27. The molecule has 0 aliphatic rings. The number of pyridine rings is 1. The lowest BCUT2D eigenvalue weighted by atomic mass is 10.1. The number of carbonyl (C=O) groups is 2. The van der Waals surface area contributed by atoms with Crippen molar-refractivity contribution in [3.63, 3.8) is 0 Å². The first-order valence-electron chi connectivity index (χ1n) is 11.9. The van der Waals surface area contributed by atoms with Gasteiger partial charge in [-0.25, -0.2) is 9.67 Å². The fraction of sp³-hybridized carbons (Fsp3) is 0.440. The number of aromatic nitrogens is 3. The van der Waals surface area contributed by atoms with E-state index in [1.165, 1.54) is 6.20 Å². The molecule has 35 heavy (non-hydrogen) atoms. The van der Waals surface area contributed by atoms with Crippen LogP contribution in [0, 0.1) is 0 Å². The topological polar surface area (TPSA) is 115 Å². The van der Waals surface area contributed by atoms with Crippen molar-refractivity contribution in [1.29, 1.82) is 0 Å². The van der Waals surface area contributed by atoms with Crippen molar-refractivity contribution in [3.05, 3.63) is 48.3 Å². The molecule has 0 fully saturated rings. The Kier molecular flexibility index (Phi) is 8.63. The molecule has 0 bridgehead atoms. The molecule has 9 nitrogen and oxygen atoms in total. The van der Waals surface area contributed by atoms with E-state index >= 15 is 0 Å². The van der Waals surface area contributed by atoms with E-state index in [4.69, 9.17) is 10.5 Å². The second kappa shape index (κ2) is 11.5. The Morgan fingerprint density at radius 3 is 2.57 bits per heavy atom. The Hall–Kier alpha value is -3.24. The molecule has 0 saturated carbocycles. The summed E-state index contributed by atoms with van der Waals surface area (Å²) in [6.45, 7) is 12.0. The molecule has 0 spiro atoms. The molecule has 0 aliphatic heterocycles. The molecule has 2 amide bonds. The average Bonchev–Trinajstić information content (AvgIpc) is 3.26. The van der Waals surface area contributed by atoms with Gasteiger partial charge < -0.3 is 20.7 Å². The zero-order chi connectivity index (χ0) is 25.6. The van der Waals surface area contributed by atoms with Crippen LogP contribution in [0.3, 0.4) is 0 Å². The van der Waals surface area contributed by atoms with Crippen LogP contribution in [0.15, 0.2) is 42.7 Å². The first-order valence-corrected chi connectivity index (χ1v) is 15.6. The maximum Gasteiger partial charge on any atom is 0.314 e. The monoisotopic (exact) mass is 496 g/mol. The number of hydrogen-bond donors (Lipinski definition) is 2. The van der Waals surface area contributed by atoms with Crippen molar-refractivity contribution in [1.82, 2.24) is 19.7 Å². The highest BCUT2D eigenvalue weighted by atomic mass is 28.3. The highest BCUT2D eigenvalue weighted by Crippen LogP contribution is 2.27. The number of benzene rings is 1. The third-order valence-corrected chi connectivity index (χ3v) is 7.64. The van der Waals surface area contributed by atoms with Gasteiger partial charge in [-0.05, 0) is 18.9 Å². The van der Waals surface area contributed by atoms with Gasteiger partial charge in [0.25, 0.3) is 0 Å². The second-order valence-electron chi connectivity index (χ2n) is 9.94. The number of nitrogens with zero attached hydrogens (tertiary/aromatic N) is 4. The van der Waals surface area contributed by atoms with Crippen molar-refractivity contribution in [2.45, 2.75) is 65.3 Å². The molecule has 10 heteroatoms. The van der Waals surface area contributed by atoms with E-state index in [0.717, 1.165) is 18.0 Å². The molecule has 1 unspecified atom stereocenters. The second-order valence-corrected chi connectivity index (χ2v) is 15.6. The molecule has 3 aromatic rings. The maximum absolute atomic E-state index is 13.2. The predicted octanol–water partition coefficient (Wildman–Crippen LogP) is 4.09. The fourth-order valence-corrected chi connectivity index (χ4v) is 4.33. The molecule has 2 aromatic heterocycles. The van der Waals surface area contributed by atoms with Crippen LogP contribution in [-0.4, -0.2) is 52.2 Å². The van der Waals surface area contributed by atoms with Crippen LogP contribution in [0.4, 0.5) is 11.5 Å². The van der Waals surface area contributed by atoms with Gasteiger partial charge in [-0.1, -0.05) is 37.3 Å². The Morgan fingerprint density at radius 2 is 1.91 bits per heavy atom. The predicted molar refractivity (Wildman–Crippen MR) is 141 cm³/mol. The number of nitrogens with one attached hydrogen (secondary N) is 1. The van der Waals surface area contributed by atoms with Crippen LogP contribution in [0.5, 0.6) is 0 Å². The number of nitrogens with two attached hydrogens (primary N) is 1. The number of hydrogen-bond acceptors (Lipinski definition) is 6. The van der Waals surface area contributed by atoms with E-state index in [1.54, 1.807) is 15.8 Å². The lowest BCUT2D eigenvalue weighted by molar-refractivity contribution is -0.145. The normalized spacial score (nSPS) is 12.5. The minimum absolute atomic E-state index is 0.108. The summed E-state index contributed by atoms with van der Waals surface area (Å²) in [5.41, 5.74) is 7.94. The molecule has 1 atom stereocenters. The zero-order valence-electron chi connectivity index (χ0n) is 21.2. The van der Waals surface area contributed by atoms with Crippen molar-refractivity contribution in [2.75, 3.05) is 17.7 Å². The van der Waals surface area contributed by atoms with Crippen molar-refractivity contribution in [2.24, 2.45) is 0 Å². The van der Waals surface area contributed by atoms with Gasteiger partial charge in [-0.2, -0.15) is 24.7 Å². The van der Waals surface area contributed by atoms with E-state index in [9.17, 15) is 9.59 Å². The standard InChI is InChI=1S/C25H36N6O3Si/c1-6-18(2)30(16-19-10-8-7-9-11-19)25(33)24(32)29-21-15-27-23(26)20-14-28-31(22(20)21)17-34-12-13-35(3,4)5/h7-11,14-15,18H,6,12-13,16-17H2,1-5H3,(H2,26,27)(H,29,32)/q-1. The third-order valence-electron chi connectivity index (χ3n) is 5.94. The van der Waals surface area contributed by atoms with Crippen molar-refractivity contribution < 1.29 is 14.3 Å². The Labute approximate surface area is 207 Å². The molecule has 3 N–H and O–H groups in total. The summed E-state index contributed by atoms with van der Waals surface area (Å²) in [6, 6.07) is 10.5. The van der Waals surface area contributed by atoms with Gasteiger partial charge in [0, 0.05) is 19.2 Å². The van der Waals surface area contributed by atoms with E-state index in [2.05, 4.69) is 35.0 Å². The zero-order valence-corrected chi connectivity index (χ0v) is 22.2. The Bertz CT molecular complexity index is 1160. The van der Waals surface area contributed by atoms with E-state index in [-0.39, 0.29) is 12.8 Å². The molecular weight excluding hydrogens is 460 g/mol. The molecule has 0 aliphatic carbocycles. The fourth-order valence-electron chi connectivity index (χ4n) is 3.57. The van der Waals surface area contributed by atoms with Crippen LogP contribution in [0.2, 0.25) is 25.7 Å². The molecule has 3 rings (SSSR count). The molecule has 189 valence electrons. The SMILES string of the molecule is CCC(C)N(Cc1ccccc1)C(=O)C(=O)Nc1cnc(N)c2cnn(COCC[Si-](C)(C)C)c12. The van der Waals surface area contributed by atoms with Gasteiger partial charge >= 0.3 is 11.8 Å². The van der Waals surface area contributed by atoms with Crippen molar-refractivity contribution in [3.8, 4) is 0 Å². The summed E-state index contributed by atoms with van der Waals surface area (Å²) in [7, 11) is -1.22. The van der Waals surface area contributed by atoms with E-state index in [1.807, 2.05) is 44.2 Å². The quantitative estimate of drug-likeness (QED) is 0.248. The number of amides is 2. The molecule has 1 aromatic carbocycles. The van der Waals surface area contributed by atoms with Gasteiger partial charge in [-0.15, -0.1) is 14.1 Å². The molecule has 0 saturated heterocycles. The summed E-state index contributed by atoms with van der Waals surface area (Å²) in [4.78, 5) is 32.1. The maximum atomic E-state index is 13.2. The number of carbonyl (C=O) groups excluding carboxylic acids is 2. The molecular formula is C25H36N6O3Si-. The van der Waals surface area contributed by atoms with Gasteiger partial charge in [0.2, 0.25) is 0 Å². The number of anilines is 2. The lowest BCUT2D eigenvalue weighted by Crippen LogP contribution is -2.44.